The number of quaternary nitrogens is 1. The summed E-state index contributed by atoms with van der Waals surface area (Å²) in [6.45, 7) is 8.15. The minimum atomic E-state index is -4.42. The molecule has 8 heteroatoms. The number of aliphatic hydroxyl groups excluding tert-OH is 1. The van der Waals surface area contributed by atoms with Gasteiger partial charge in [0.2, 0.25) is 5.52 Å². The SMILES string of the molecule is C=CC1C[N+]2(Cc3ccc(Br)cc3F)CCC1CC2[C@H](O)c1cc[n+](Cc2cc(C)cc(C(F)(F)F)c2)c2ccccc12. The molecular formula is C35H35BrF4N2O+2. The van der Waals surface area contributed by atoms with Crippen molar-refractivity contribution in [3.05, 3.63) is 124 Å². The number of pyridine rings is 1. The standard InChI is InChI=1S/C35H35BrF4N2O/c1-3-24-20-42(21-26-8-9-28(36)18-31(26)37)13-11-25(24)17-33(42)34(43)30-10-12-41(32-7-5-4-6-29(30)32)19-23-14-22(2)15-27(16-23)35(38,39)40/h3-10,12,14-16,18,24-25,33-34,43H,1,11,13,17,19-21H2,2H3/q+2/t24?,25?,33?,34-,42?/m1/s1. The van der Waals surface area contributed by atoms with Gasteiger partial charge in [0, 0.05) is 52.1 Å². The number of hydrogen-bond donors (Lipinski definition) is 1. The van der Waals surface area contributed by atoms with E-state index in [0.29, 0.717) is 44.0 Å². The van der Waals surface area contributed by atoms with Gasteiger partial charge in [-0.1, -0.05) is 39.7 Å². The zero-order chi connectivity index (χ0) is 30.5. The maximum atomic E-state index is 15.1. The summed E-state index contributed by atoms with van der Waals surface area (Å²) in [6.07, 6.45) is 0.472. The van der Waals surface area contributed by atoms with Crippen molar-refractivity contribution in [3.63, 3.8) is 0 Å². The van der Waals surface area contributed by atoms with E-state index in [9.17, 15) is 18.3 Å². The van der Waals surface area contributed by atoms with Crippen molar-refractivity contribution in [1.82, 2.24) is 0 Å². The van der Waals surface area contributed by atoms with Gasteiger partial charge in [-0.05, 0) is 55.3 Å². The molecule has 5 atom stereocenters. The van der Waals surface area contributed by atoms with Gasteiger partial charge in [0.15, 0.2) is 12.7 Å². The van der Waals surface area contributed by atoms with Gasteiger partial charge >= 0.3 is 6.18 Å². The third-order valence-electron chi connectivity index (χ3n) is 9.64. The molecule has 3 aliphatic rings. The van der Waals surface area contributed by atoms with Crippen molar-refractivity contribution in [3.8, 4) is 0 Å². The lowest BCUT2D eigenvalue weighted by Gasteiger charge is -2.58. The number of piperidine rings is 3. The summed E-state index contributed by atoms with van der Waals surface area (Å²) < 4.78 is 58.9. The molecular weight excluding hydrogens is 620 g/mol. The van der Waals surface area contributed by atoms with E-state index in [1.54, 1.807) is 13.0 Å². The second-order valence-corrected chi connectivity index (χ2v) is 13.3. The monoisotopic (exact) mass is 654 g/mol. The first-order valence-electron chi connectivity index (χ1n) is 14.7. The molecule has 43 heavy (non-hydrogen) atoms. The molecule has 3 fully saturated rings. The number of rotatable bonds is 7. The molecule has 0 saturated carbocycles. The molecule has 4 heterocycles. The lowest BCUT2D eigenvalue weighted by atomic mass is 9.71. The highest BCUT2D eigenvalue weighted by atomic mass is 79.9. The molecule has 0 aliphatic carbocycles. The molecule has 3 saturated heterocycles. The molecule has 1 aromatic heterocycles. The van der Waals surface area contributed by atoms with E-state index in [0.717, 1.165) is 48.5 Å². The van der Waals surface area contributed by atoms with Gasteiger partial charge in [0.25, 0.3) is 0 Å². The molecule has 3 aliphatic heterocycles. The Morgan fingerprint density at radius 1 is 1.12 bits per heavy atom. The van der Waals surface area contributed by atoms with Crippen LogP contribution in [-0.4, -0.2) is 28.7 Å². The molecule has 1 N–H and O–H groups in total. The second-order valence-electron chi connectivity index (χ2n) is 12.3. The third kappa shape index (κ3) is 5.77. The summed E-state index contributed by atoms with van der Waals surface area (Å²) in [7, 11) is 0. The van der Waals surface area contributed by atoms with Gasteiger partial charge in [-0.3, -0.25) is 0 Å². The van der Waals surface area contributed by atoms with E-state index in [1.807, 2.05) is 59.3 Å². The van der Waals surface area contributed by atoms with Crippen LogP contribution in [0.4, 0.5) is 17.6 Å². The van der Waals surface area contributed by atoms with E-state index in [4.69, 9.17) is 0 Å². The van der Waals surface area contributed by atoms with E-state index < -0.39 is 17.8 Å². The molecule has 0 radical (unpaired) electrons. The highest BCUT2D eigenvalue weighted by Gasteiger charge is 2.54. The number of halogens is 5. The van der Waals surface area contributed by atoms with Crippen molar-refractivity contribution >= 4 is 26.8 Å². The Labute approximate surface area is 257 Å². The normalized spacial score (nSPS) is 24.3. The van der Waals surface area contributed by atoms with Crippen LogP contribution in [0.2, 0.25) is 0 Å². The Bertz CT molecular complexity index is 1690. The molecule has 0 amide bonds. The summed E-state index contributed by atoms with van der Waals surface area (Å²) in [5.74, 6) is 0.464. The Morgan fingerprint density at radius 2 is 1.91 bits per heavy atom. The van der Waals surface area contributed by atoms with Gasteiger partial charge in [-0.25, -0.2) is 4.39 Å². The van der Waals surface area contributed by atoms with Crippen molar-refractivity contribution in [2.75, 3.05) is 13.1 Å². The van der Waals surface area contributed by atoms with Gasteiger partial charge in [0.05, 0.1) is 24.0 Å². The average Bonchev–Trinajstić information content (AvgIpc) is 2.98. The Kier molecular flexibility index (Phi) is 7.98. The Morgan fingerprint density at radius 3 is 2.65 bits per heavy atom. The first-order chi connectivity index (χ1) is 20.5. The second kappa shape index (κ2) is 11.5. The third-order valence-corrected chi connectivity index (χ3v) is 10.1. The van der Waals surface area contributed by atoms with Crippen LogP contribution in [0.3, 0.4) is 0 Å². The molecule has 3 aromatic carbocycles. The number of alkyl halides is 3. The van der Waals surface area contributed by atoms with Crippen LogP contribution >= 0.6 is 15.9 Å². The van der Waals surface area contributed by atoms with Crippen LogP contribution in [0, 0.1) is 24.6 Å². The van der Waals surface area contributed by atoms with Gasteiger partial charge in [-0.15, -0.1) is 6.58 Å². The number of hydrogen-bond acceptors (Lipinski definition) is 1. The number of fused-ring (bicyclic) bond motifs is 4. The van der Waals surface area contributed by atoms with Crippen LogP contribution in [0.15, 0.2) is 90.1 Å². The van der Waals surface area contributed by atoms with Gasteiger partial charge in [-0.2, -0.15) is 17.7 Å². The molecule has 3 nitrogen and oxygen atoms in total. The summed E-state index contributed by atoms with van der Waals surface area (Å²) in [5, 5.41) is 13.0. The van der Waals surface area contributed by atoms with Crippen LogP contribution in [0.5, 0.6) is 0 Å². The van der Waals surface area contributed by atoms with E-state index in [2.05, 4.69) is 22.5 Å². The van der Waals surface area contributed by atoms with Crippen LogP contribution < -0.4 is 4.57 Å². The Hall–Kier alpha value is -3.07. The lowest BCUT2D eigenvalue weighted by Crippen LogP contribution is -2.67. The predicted octanol–water partition coefficient (Wildman–Crippen LogP) is 8.05. The Balaban J connectivity index is 1.37. The van der Waals surface area contributed by atoms with Crippen molar-refractivity contribution in [1.29, 1.82) is 0 Å². The topological polar surface area (TPSA) is 24.1 Å². The quantitative estimate of drug-likeness (QED) is 0.0927. The first kappa shape index (κ1) is 30.0. The highest BCUT2D eigenvalue weighted by molar-refractivity contribution is 9.10. The summed E-state index contributed by atoms with van der Waals surface area (Å²) in [4.78, 5) is 0. The zero-order valence-corrected chi connectivity index (χ0v) is 25.6. The number of aryl methyl sites for hydroxylation is 1. The minimum absolute atomic E-state index is 0.136. The van der Waals surface area contributed by atoms with Crippen molar-refractivity contribution in [2.24, 2.45) is 11.8 Å². The zero-order valence-electron chi connectivity index (χ0n) is 24.0. The summed E-state index contributed by atoms with van der Waals surface area (Å²) in [6, 6.07) is 18.8. The highest BCUT2D eigenvalue weighted by Crippen LogP contribution is 2.48. The summed E-state index contributed by atoms with van der Waals surface area (Å²) in [5.41, 5.74) is 2.71. The predicted molar refractivity (Wildman–Crippen MR) is 162 cm³/mol. The van der Waals surface area contributed by atoms with Crippen molar-refractivity contribution in [2.45, 2.75) is 51.2 Å². The maximum Gasteiger partial charge on any atom is 0.416 e. The maximum absolute atomic E-state index is 15.1. The molecule has 7 rings (SSSR count). The van der Waals surface area contributed by atoms with E-state index in [1.165, 1.54) is 12.1 Å². The van der Waals surface area contributed by atoms with E-state index >= 15 is 4.39 Å². The number of benzene rings is 3. The fourth-order valence-electron chi connectivity index (χ4n) is 7.60. The number of para-hydroxylation sites is 1. The minimum Gasteiger partial charge on any atom is -0.382 e. The van der Waals surface area contributed by atoms with Gasteiger partial charge < -0.3 is 9.59 Å². The molecule has 2 bridgehead atoms. The fraction of sp³-hybridized carbons (Fsp3) is 0.343. The number of aromatic nitrogens is 1. The number of aliphatic hydroxyl groups is 1. The van der Waals surface area contributed by atoms with E-state index in [-0.39, 0.29) is 18.4 Å². The van der Waals surface area contributed by atoms with Crippen LogP contribution in [0.1, 0.15) is 46.8 Å². The number of nitrogens with zero attached hydrogens (tertiary/aromatic N) is 2. The molecule has 4 unspecified atom stereocenters. The fourth-order valence-corrected chi connectivity index (χ4v) is 7.93. The smallest absolute Gasteiger partial charge is 0.382 e. The molecule has 4 aromatic rings. The van der Waals surface area contributed by atoms with Gasteiger partial charge in [0.1, 0.15) is 24.5 Å². The van der Waals surface area contributed by atoms with Crippen LogP contribution in [0.25, 0.3) is 10.9 Å². The molecule has 0 spiro atoms. The van der Waals surface area contributed by atoms with Crippen LogP contribution in [-0.2, 0) is 19.3 Å². The molecule has 224 valence electrons. The largest absolute Gasteiger partial charge is 0.416 e. The lowest BCUT2D eigenvalue weighted by molar-refractivity contribution is -0.985. The first-order valence-corrected chi connectivity index (χ1v) is 15.5. The van der Waals surface area contributed by atoms with Crippen molar-refractivity contribution < 1.29 is 31.7 Å². The summed E-state index contributed by atoms with van der Waals surface area (Å²) >= 11 is 3.36. The average molecular weight is 656 g/mol.